The second-order valence-corrected chi connectivity index (χ2v) is 5.43. The van der Waals surface area contributed by atoms with Crippen LogP contribution < -0.4 is 5.32 Å². The van der Waals surface area contributed by atoms with Gasteiger partial charge in [0.05, 0.1) is 18.2 Å². The number of ether oxygens (including phenoxy) is 1. The molecule has 0 heterocycles. The van der Waals surface area contributed by atoms with Gasteiger partial charge in [-0.15, -0.1) is 0 Å². The van der Waals surface area contributed by atoms with Crippen molar-refractivity contribution in [3.63, 3.8) is 0 Å². The minimum atomic E-state index is -0.470. The average Bonchev–Trinajstić information content (AvgIpc) is 2.34. The number of hydrogen-bond acceptors (Lipinski definition) is 4. The highest BCUT2D eigenvalue weighted by Crippen LogP contribution is 2.14. The summed E-state index contributed by atoms with van der Waals surface area (Å²) in [5.74, 6) is -0.282. The Labute approximate surface area is 114 Å². The van der Waals surface area contributed by atoms with E-state index in [0.29, 0.717) is 5.56 Å². The second kappa shape index (κ2) is 6.35. The molecule has 0 aliphatic rings. The Kier molecular flexibility index (Phi) is 5.08. The van der Waals surface area contributed by atoms with Gasteiger partial charge in [0.1, 0.15) is 5.60 Å². The number of benzene rings is 1. The molecule has 1 rings (SSSR count). The predicted molar refractivity (Wildman–Crippen MR) is 73.4 cm³/mol. The summed E-state index contributed by atoms with van der Waals surface area (Å²) in [6.45, 7) is 7.61. The Morgan fingerprint density at radius 2 is 2.16 bits per heavy atom. The van der Waals surface area contributed by atoms with E-state index in [-0.39, 0.29) is 18.6 Å². The third-order valence-electron chi connectivity index (χ3n) is 2.49. The number of nitriles is 1. The maximum Gasteiger partial charge on any atom is 0.320 e. The molecule has 0 bridgehead atoms. The van der Waals surface area contributed by atoms with Crippen molar-refractivity contribution in [1.82, 2.24) is 5.32 Å². The second-order valence-electron chi connectivity index (χ2n) is 5.43. The lowest BCUT2D eigenvalue weighted by atomic mass is 10.1. The van der Waals surface area contributed by atoms with Crippen molar-refractivity contribution in [1.29, 1.82) is 5.26 Å². The summed E-state index contributed by atoms with van der Waals surface area (Å²) >= 11 is 0. The zero-order valence-corrected chi connectivity index (χ0v) is 11.9. The number of hydrogen-bond donors (Lipinski definition) is 1. The van der Waals surface area contributed by atoms with E-state index in [4.69, 9.17) is 10.00 Å². The molecule has 1 N–H and O–H groups in total. The number of nitrogens with zero attached hydrogens (tertiary/aromatic N) is 1. The summed E-state index contributed by atoms with van der Waals surface area (Å²) in [6, 6.07) is 9.41. The molecule has 1 atom stereocenters. The van der Waals surface area contributed by atoms with Crippen LogP contribution in [-0.2, 0) is 9.53 Å². The summed E-state index contributed by atoms with van der Waals surface area (Å²) in [5, 5.41) is 11.9. The number of carbonyl (C=O) groups is 1. The first-order valence-electron chi connectivity index (χ1n) is 6.27. The molecule has 4 heteroatoms. The summed E-state index contributed by atoms with van der Waals surface area (Å²) in [4.78, 5) is 11.6. The summed E-state index contributed by atoms with van der Waals surface area (Å²) < 4.78 is 5.22. The van der Waals surface area contributed by atoms with Crippen molar-refractivity contribution < 1.29 is 9.53 Å². The molecule has 0 aromatic heterocycles. The van der Waals surface area contributed by atoms with Gasteiger partial charge in [0.15, 0.2) is 0 Å². The maximum absolute atomic E-state index is 11.6. The number of carbonyl (C=O) groups excluding carboxylic acids is 1. The van der Waals surface area contributed by atoms with Gasteiger partial charge in [-0.2, -0.15) is 5.26 Å². The lowest BCUT2D eigenvalue weighted by Gasteiger charge is -2.21. The quantitative estimate of drug-likeness (QED) is 0.845. The SMILES string of the molecule is C[C@@H](NCC(=O)OC(C)(C)C)c1cccc(C#N)c1. The molecule has 0 saturated heterocycles. The van der Waals surface area contributed by atoms with Crippen LogP contribution in [0.3, 0.4) is 0 Å². The van der Waals surface area contributed by atoms with E-state index in [9.17, 15) is 4.79 Å². The van der Waals surface area contributed by atoms with E-state index in [0.717, 1.165) is 5.56 Å². The van der Waals surface area contributed by atoms with Crippen molar-refractivity contribution in [2.75, 3.05) is 6.54 Å². The molecule has 4 nitrogen and oxygen atoms in total. The van der Waals surface area contributed by atoms with Gasteiger partial charge in [0.25, 0.3) is 0 Å². The highest BCUT2D eigenvalue weighted by atomic mass is 16.6. The minimum absolute atomic E-state index is 0.0131. The fraction of sp³-hybridized carbons (Fsp3) is 0.467. The first-order valence-corrected chi connectivity index (χ1v) is 6.27. The molecule has 0 aliphatic carbocycles. The largest absolute Gasteiger partial charge is 0.459 e. The normalized spacial score (nSPS) is 12.6. The smallest absolute Gasteiger partial charge is 0.320 e. The fourth-order valence-corrected chi connectivity index (χ4v) is 1.61. The monoisotopic (exact) mass is 260 g/mol. The van der Waals surface area contributed by atoms with Gasteiger partial charge in [-0.3, -0.25) is 4.79 Å². The molecule has 0 unspecified atom stereocenters. The van der Waals surface area contributed by atoms with Gasteiger partial charge in [0.2, 0.25) is 0 Å². The van der Waals surface area contributed by atoms with Gasteiger partial charge in [-0.25, -0.2) is 0 Å². The highest BCUT2D eigenvalue weighted by Gasteiger charge is 2.16. The third-order valence-corrected chi connectivity index (χ3v) is 2.49. The van der Waals surface area contributed by atoms with Crippen LogP contribution in [0.25, 0.3) is 0 Å². The summed E-state index contributed by atoms with van der Waals surface area (Å²) in [5.41, 5.74) is 1.12. The molecule has 1 aromatic carbocycles. The van der Waals surface area contributed by atoms with Crippen LogP contribution in [0.1, 0.15) is 44.9 Å². The van der Waals surface area contributed by atoms with Crippen molar-refractivity contribution in [3.05, 3.63) is 35.4 Å². The molecular formula is C15H20N2O2. The van der Waals surface area contributed by atoms with Gasteiger partial charge >= 0.3 is 5.97 Å². The molecule has 0 amide bonds. The first-order chi connectivity index (χ1) is 8.81. The van der Waals surface area contributed by atoms with E-state index in [1.807, 2.05) is 45.9 Å². The predicted octanol–water partition coefficient (Wildman–Crippen LogP) is 2.55. The Hall–Kier alpha value is -1.86. The molecule has 0 aliphatic heterocycles. The van der Waals surface area contributed by atoms with Crippen molar-refractivity contribution in [2.24, 2.45) is 0 Å². The number of nitrogens with one attached hydrogen (secondary N) is 1. The number of esters is 1. The Bertz CT molecular complexity index is 484. The van der Waals surface area contributed by atoms with Crippen LogP contribution >= 0.6 is 0 Å². The van der Waals surface area contributed by atoms with Gasteiger partial charge in [0, 0.05) is 6.04 Å². The van der Waals surface area contributed by atoms with Crippen LogP contribution in [0.4, 0.5) is 0 Å². The Morgan fingerprint density at radius 3 is 2.74 bits per heavy atom. The molecule has 0 spiro atoms. The molecule has 0 fully saturated rings. The Balaban J connectivity index is 2.54. The zero-order valence-electron chi connectivity index (χ0n) is 11.9. The van der Waals surface area contributed by atoms with E-state index in [1.54, 1.807) is 6.07 Å². The topological polar surface area (TPSA) is 62.1 Å². The standard InChI is InChI=1S/C15H20N2O2/c1-11(13-7-5-6-12(8-13)9-16)17-10-14(18)19-15(2,3)4/h5-8,11,17H,10H2,1-4H3/t11-/m1/s1. The van der Waals surface area contributed by atoms with Crippen molar-refractivity contribution in [3.8, 4) is 6.07 Å². The van der Waals surface area contributed by atoms with Crippen LogP contribution in [0.15, 0.2) is 24.3 Å². The van der Waals surface area contributed by atoms with Gasteiger partial charge < -0.3 is 10.1 Å². The average molecular weight is 260 g/mol. The summed E-state index contributed by atoms with van der Waals surface area (Å²) in [6.07, 6.45) is 0. The van der Waals surface area contributed by atoms with Crippen molar-refractivity contribution in [2.45, 2.75) is 39.3 Å². The van der Waals surface area contributed by atoms with E-state index in [1.165, 1.54) is 0 Å². The lowest BCUT2D eigenvalue weighted by Crippen LogP contribution is -2.32. The highest BCUT2D eigenvalue weighted by molar-refractivity contribution is 5.72. The minimum Gasteiger partial charge on any atom is -0.459 e. The van der Waals surface area contributed by atoms with Crippen LogP contribution in [-0.4, -0.2) is 18.1 Å². The zero-order chi connectivity index (χ0) is 14.5. The first kappa shape index (κ1) is 15.2. The molecule has 1 aromatic rings. The lowest BCUT2D eigenvalue weighted by molar-refractivity contribution is -0.153. The van der Waals surface area contributed by atoms with Crippen molar-refractivity contribution >= 4 is 5.97 Å². The van der Waals surface area contributed by atoms with E-state index in [2.05, 4.69) is 11.4 Å². The third kappa shape index (κ3) is 5.54. The van der Waals surface area contributed by atoms with Crippen LogP contribution in [0.5, 0.6) is 0 Å². The fourth-order valence-electron chi connectivity index (χ4n) is 1.61. The number of rotatable bonds is 4. The molecular weight excluding hydrogens is 240 g/mol. The van der Waals surface area contributed by atoms with Crippen LogP contribution in [0, 0.1) is 11.3 Å². The van der Waals surface area contributed by atoms with Gasteiger partial charge in [-0.05, 0) is 45.4 Å². The van der Waals surface area contributed by atoms with Crippen LogP contribution in [0.2, 0.25) is 0 Å². The molecule has 102 valence electrons. The Morgan fingerprint density at radius 1 is 1.47 bits per heavy atom. The molecule has 0 radical (unpaired) electrons. The summed E-state index contributed by atoms with van der Waals surface area (Å²) in [7, 11) is 0. The van der Waals surface area contributed by atoms with E-state index >= 15 is 0 Å². The van der Waals surface area contributed by atoms with Gasteiger partial charge in [-0.1, -0.05) is 12.1 Å². The maximum atomic E-state index is 11.6. The molecule has 0 saturated carbocycles. The molecule has 19 heavy (non-hydrogen) atoms. The van der Waals surface area contributed by atoms with E-state index < -0.39 is 5.60 Å².